The SMILES string of the molecule is C[C@@H](NS(=O)(=O)c1ccc(Br)cc1)C(=O)Nc1ccc(Cl)c(Cl)c1. The summed E-state index contributed by atoms with van der Waals surface area (Å²) >= 11 is 14.9. The first-order valence-corrected chi connectivity index (χ1v) is 9.76. The summed E-state index contributed by atoms with van der Waals surface area (Å²) < 4.78 is 27.6. The highest BCUT2D eigenvalue weighted by Gasteiger charge is 2.22. The number of hydrogen-bond acceptors (Lipinski definition) is 3. The molecule has 24 heavy (non-hydrogen) atoms. The Morgan fingerprint density at radius 3 is 2.29 bits per heavy atom. The number of sulfonamides is 1. The molecule has 0 saturated carbocycles. The van der Waals surface area contributed by atoms with Gasteiger partial charge in [0, 0.05) is 10.2 Å². The Balaban J connectivity index is 2.07. The number of carbonyl (C=O) groups excluding carboxylic acids is 1. The Hall–Kier alpha value is -1.12. The maximum Gasteiger partial charge on any atom is 0.242 e. The number of nitrogens with one attached hydrogen (secondary N) is 2. The van der Waals surface area contributed by atoms with Gasteiger partial charge in [-0.05, 0) is 49.4 Å². The van der Waals surface area contributed by atoms with E-state index in [0.717, 1.165) is 4.47 Å². The number of hydrogen-bond donors (Lipinski definition) is 2. The first-order valence-electron chi connectivity index (χ1n) is 6.73. The summed E-state index contributed by atoms with van der Waals surface area (Å²) in [6, 6.07) is 9.71. The number of anilines is 1. The third kappa shape index (κ3) is 4.94. The van der Waals surface area contributed by atoms with Gasteiger partial charge in [0.15, 0.2) is 0 Å². The monoisotopic (exact) mass is 450 g/mol. The third-order valence-corrected chi connectivity index (χ3v) is 5.86. The summed E-state index contributed by atoms with van der Waals surface area (Å²) in [4.78, 5) is 12.2. The van der Waals surface area contributed by atoms with Gasteiger partial charge in [-0.1, -0.05) is 39.1 Å². The lowest BCUT2D eigenvalue weighted by Crippen LogP contribution is -2.41. The zero-order chi connectivity index (χ0) is 17.9. The van der Waals surface area contributed by atoms with Crippen LogP contribution in [0.3, 0.4) is 0 Å². The lowest BCUT2D eigenvalue weighted by atomic mass is 10.3. The lowest BCUT2D eigenvalue weighted by Gasteiger charge is -2.15. The van der Waals surface area contributed by atoms with Gasteiger partial charge in [0.1, 0.15) is 0 Å². The molecule has 128 valence electrons. The number of benzene rings is 2. The van der Waals surface area contributed by atoms with E-state index in [4.69, 9.17) is 23.2 Å². The van der Waals surface area contributed by atoms with Gasteiger partial charge in [-0.2, -0.15) is 4.72 Å². The second-order valence-electron chi connectivity index (χ2n) is 4.92. The van der Waals surface area contributed by atoms with Crippen molar-refractivity contribution in [2.24, 2.45) is 0 Å². The van der Waals surface area contributed by atoms with Gasteiger partial charge in [0.2, 0.25) is 15.9 Å². The quantitative estimate of drug-likeness (QED) is 0.719. The Morgan fingerprint density at radius 2 is 1.71 bits per heavy atom. The molecule has 9 heteroatoms. The molecular formula is C15H13BrCl2N2O3S. The zero-order valence-corrected chi connectivity index (χ0v) is 16.3. The van der Waals surface area contributed by atoms with Crippen LogP contribution >= 0.6 is 39.1 Å². The molecule has 5 nitrogen and oxygen atoms in total. The number of amides is 1. The molecule has 0 aliphatic carbocycles. The number of carbonyl (C=O) groups is 1. The Bertz CT molecular complexity index is 858. The van der Waals surface area contributed by atoms with Crippen LogP contribution in [0.15, 0.2) is 51.8 Å². The highest BCUT2D eigenvalue weighted by molar-refractivity contribution is 9.10. The topological polar surface area (TPSA) is 75.3 Å². The van der Waals surface area contributed by atoms with Gasteiger partial charge in [0.05, 0.1) is 21.0 Å². The van der Waals surface area contributed by atoms with Crippen LogP contribution in [0.1, 0.15) is 6.92 Å². The predicted molar refractivity (Wildman–Crippen MR) is 99.0 cm³/mol. The summed E-state index contributed by atoms with van der Waals surface area (Å²) in [7, 11) is -3.81. The second-order valence-corrected chi connectivity index (χ2v) is 8.36. The molecule has 0 aromatic heterocycles. The maximum absolute atomic E-state index is 12.3. The van der Waals surface area contributed by atoms with Crippen LogP contribution in [0.5, 0.6) is 0 Å². The molecule has 0 aliphatic rings. The molecule has 2 rings (SSSR count). The van der Waals surface area contributed by atoms with E-state index in [1.807, 2.05) is 0 Å². The van der Waals surface area contributed by atoms with Crippen molar-refractivity contribution in [3.05, 3.63) is 57.0 Å². The molecule has 2 aromatic rings. The van der Waals surface area contributed by atoms with Crippen molar-refractivity contribution in [2.75, 3.05) is 5.32 Å². The Labute approximate surface area is 158 Å². The highest BCUT2D eigenvalue weighted by Crippen LogP contribution is 2.25. The lowest BCUT2D eigenvalue weighted by molar-refractivity contribution is -0.117. The minimum atomic E-state index is -3.81. The minimum Gasteiger partial charge on any atom is -0.325 e. The van der Waals surface area contributed by atoms with Crippen molar-refractivity contribution in [2.45, 2.75) is 17.9 Å². The molecule has 0 aliphatic heterocycles. The van der Waals surface area contributed by atoms with Crippen LogP contribution in [0.2, 0.25) is 10.0 Å². The summed E-state index contributed by atoms with van der Waals surface area (Å²) in [6.07, 6.45) is 0. The molecule has 1 atom stereocenters. The van der Waals surface area contributed by atoms with Crippen LogP contribution in [0.4, 0.5) is 5.69 Å². The minimum absolute atomic E-state index is 0.0693. The van der Waals surface area contributed by atoms with E-state index in [-0.39, 0.29) is 9.92 Å². The van der Waals surface area contributed by atoms with Gasteiger partial charge in [-0.25, -0.2) is 8.42 Å². The molecule has 2 aromatic carbocycles. The average Bonchev–Trinajstić information content (AvgIpc) is 2.51. The summed E-state index contributed by atoms with van der Waals surface area (Å²) in [5.41, 5.74) is 0.420. The van der Waals surface area contributed by atoms with Crippen molar-refractivity contribution in [1.29, 1.82) is 0 Å². The van der Waals surface area contributed by atoms with Crippen molar-refractivity contribution in [3.63, 3.8) is 0 Å². The van der Waals surface area contributed by atoms with E-state index < -0.39 is 22.0 Å². The molecule has 0 saturated heterocycles. The van der Waals surface area contributed by atoms with Crippen LogP contribution in [-0.4, -0.2) is 20.4 Å². The van der Waals surface area contributed by atoms with Crippen LogP contribution in [-0.2, 0) is 14.8 Å². The summed E-state index contributed by atoms with van der Waals surface area (Å²) in [6.45, 7) is 1.45. The molecule has 2 N–H and O–H groups in total. The van der Waals surface area contributed by atoms with Crippen LogP contribution in [0.25, 0.3) is 0 Å². The van der Waals surface area contributed by atoms with E-state index in [9.17, 15) is 13.2 Å². The first kappa shape index (κ1) is 19.2. The van der Waals surface area contributed by atoms with E-state index >= 15 is 0 Å². The molecule has 0 spiro atoms. The Kier molecular flexibility index (Phi) is 6.28. The van der Waals surface area contributed by atoms with E-state index in [1.165, 1.54) is 31.2 Å². The fourth-order valence-corrected chi connectivity index (χ4v) is 3.56. The average molecular weight is 452 g/mol. The largest absolute Gasteiger partial charge is 0.325 e. The number of rotatable bonds is 5. The van der Waals surface area contributed by atoms with Crippen molar-refractivity contribution in [1.82, 2.24) is 4.72 Å². The van der Waals surface area contributed by atoms with Crippen LogP contribution < -0.4 is 10.0 Å². The molecule has 0 heterocycles. The molecule has 0 unspecified atom stereocenters. The van der Waals surface area contributed by atoms with Gasteiger partial charge in [-0.3, -0.25) is 4.79 Å². The summed E-state index contributed by atoms with van der Waals surface area (Å²) in [5.74, 6) is -0.519. The molecule has 0 bridgehead atoms. The van der Waals surface area contributed by atoms with Gasteiger partial charge >= 0.3 is 0 Å². The first-order chi connectivity index (χ1) is 11.2. The second kappa shape index (κ2) is 7.84. The predicted octanol–water partition coefficient (Wildman–Crippen LogP) is 4.06. The van der Waals surface area contributed by atoms with E-state index in [2.05, 4.69) is 26.0 Å². The van der Waals surface area contributed by atoms with Crippen molar-refractivity contribution in [3.8, 4) is 0 Å². The molecule has 0 radical (unpaired) electrons. The third-order valence-electron chi connectivity index (χ3n) is 3.04. The van der Waals surface area contributed by atoms with Crippen molar-refractivity contribution >= 4 is 60.7 Å². The maximum atomic E-state index is 12.3. The smallest absolute Gasteiger partial charge is 0.242 e. The summed E-state index contributed by atoms with van der Waals surface area (Å²) in [5, 5.41) is 3.23. The van der Waals surface area contributed by atoms with Crippen LogP contribution in [0, 0.1) is 0 Å². The fraction of sp³-hybridized carbons (Fsp3) is 0.133. The van der Waals surface area contributed by atoms with Gasteiger partial charge < -0.3 is 5.32 Å². The standard InChI is InChI=1S/C15H13BrCl2N2O3S/c1-9(15(21)19-11-4-7-13(17)14(18)8-11)20-24(22,23)12-5-2-10(16)3-6-12/h2-9,20H,1H3,(H,19,21)/t9-/m1/s1. The molecular weight excluding hydrogens is 439 g/mol. The van der Waals surface area contributed by atoms with Crippen molar-refractivity contribution < 1.29 is 13.2 Å². The normalized spacial score (nSPS) is 12.7. The van der Waals surface area contributed by atoms with E-state index in [1.54, 1.807) is 18.2 Å². The highest BCUT2D eigenvalue weighted by atomic mass is 79.9. The molecule has 1 amide bonds. The fourth-order valence-electron chi connectivity index (χ4n) is 1.79. The zero-order valence-electron chi connectivity index (χ0n) is 12.4. The van der Waals surface area contributed by atoms with Gasteiger partial charge in [0.25, 0.3) is 0 Å². The molecule has 0 fully saturated rings. The van der Waals surface area contributed by atoms with E-state index in [0.29, 0.717) is 10.7 Å². The van der Waals surface area contributed by atoms with Gasteiger partial charge in [-0.15, -0.1) is 0 Å². The number of halogens is 3. The Morgan fingerprint density at radius 1 is 1.08 bits per heavy atom.